The quantitative estimate of drug-likeness (QED) is 0.589. The molecule has 1 aromatic carbocycles. The highest BCUT2D eigenvalue weighted by atomic mass is 16.5. The fourth-order valence-electron chi connectivity index (χ4n) is 1.36. The summed E-state index contributed by atoms with van der Waals surface area (Å²) in [5.74, 6) is -0.413. The number of aryl methyl sites for hydroxylation is 1. The van der Waals surface area contributed by atoms with E-state index in [1.165, 1.54) is 6.07 Å². The number of rotatable bonds is 0. The number of esters is 1. The van der Waals surface area contributed by atoms with Crippen molar-refractivity contribution in [1.29, 1.82) is 0 Å². The van der Waals surface area contributed by atoms with Crippen LogP contribution in [0, 0.1) is 6.92 Å². The third-order valence-corrected chi connectivity index (χ3v) is 2.08. The number of cyclic esters (lactones) is 1. The number of aromatic hydroxyl groups is 1. The van der Waals surface area contributed by atoms with Crippen LogP contribution in [0.2, 0.25) is 0 Å². The molecule has 1 aliphatic heterocycles. The summed E-state index contributed by atoms with van der Waals surface area (Å²) in [6, 6.07) is 3.29. The van der Waals surface area contributed by atoms with Gasteiger partial charge in [-0.2, -0.15) is 0 Å². The number of hydrogen-bond acceptors (Lipinski definition) is 3. The van der Waals surface area contributed by atoms with E-state index in [1.807, 2.05) is 6.92 Å². The molecule has 62 valence electrons. The molecule has 0 saturated carbocycles. The lowest BCUT2D eigenvalue weighted by molar-refractivity contribution is 0.0533. The van der Waals surface area contributed by atoms with E-state index in [9.17, 15) is 9.90 Å². The second-order valence-electron chi connectivity index (χ2n) is 2.83. The Labute approximate surface area is 69.6 Å². The maximum absolute atomic E-state index is 11.1. The van der Waals surface area contributed by atoms with Crippen molar-refractivity contribution in [2.45, 2.75) is 13.5 Å². The average molecular weight is 164 g/mol. The van der Waals surface area contributed by atoms with Crippen LogP contribution in [-0.2, 0) is 11.3 Å². The molecule has 0 saturated heterocycles. The Morgan fingerprint density at radius 3 is 2.92 bits per heavy atom. The Bertz CT molecular complexity index is 355. The summed E-state index contributed by atoms with van der Waals surface area (Å²) in [4.78, 5) is 11.1. The molecule has 2 rings (SSSR count). The van der Waals surface area contributed by atoms with Crippen LogP contribution in [0.25, 0.3) is 0 Å². The van der Waals surface area contributed by atoms with Crippen LogP contribution < -0.4 is 0 Å². The van der Waals surface area contributed by atoms with E-state index < -0.39 is 5.97 Å². The summed E-state index contributed by atoms with van der Waals surface area (Å²) in [6.45, 7) is 2.18. The van der Waals surface area contributed by atoms with E-state index in [0.29, 0.717) is 5.56 Å². The van der Waals surface area contributed by atoms with Gasteiger partial charge in [0.05, 0.1) is 0 Å². The number of phenolic OH excluding ortho intramolecular Hbond substituents is 1. The van der Waals surface area contributed by atoms with Crippen LogP contribution in [0.5, 0.6) is 5.75 Å². The highest BCUT2D eigenvalue weighted by Gasteiger charge is 2.25. The van der Waals surface area contributed by atoms with Gasteiger partial charge in [0.15, 0.2) is 0 Å². The van der Waals surface area contributed by atoms with Crippen LogP contribution in [0.15, 0.2) is 12.1 Å². The van der Waals surface area contributed by atoms with Gasteiger partial charge in [0.25, 0.3) is 0 Å². The molecule has 0 aliphatic carbocycles. The molecule has 1 aromatic rings. The Hall–Kier alpha value is -1.51. The monoisotopic (exact) mass is 164 g/mol. The van der Waals surface area contributed by atoms with Crippen molar-refractivity contribution in [2.75, 3.05) is 0 Å². The molecule has 12 heavy (non-hydrogen) atoms. The third kappa shape index (κ3) is 0.794. The molecule has 1 aliphatic rings. The van der Waals surface area contributed by atoms with Gasteiger partial charge in [0.2, 0.25) is 0 Å². The topological polar surface area (TPSA) is 46.5 Å². The van der Waals surface area contributed by atoms with E-state index in [4.69, 9.17) is 4.74 Å². The predicted molar refractivity (Wildman–Crippen MR) is 42.0 cm³/mol. The normalized spacial score (nSPS) is 14.2. The molecule has 0 atom stereocenters. The first-order valence-electron chi connectivity index (χ1n) is 3.68. The van der Waals surface area contributed by atoms with Crippen LogP contribution >= 0.6 is 0 Å². The van der Waals surface area contributed by atoms with Crippen LogP contribution in [-0.4, -0.2) is 11.1 Å². The van der Waals surface area contributed by atoms with Gasteiger partial charge in [-0.1, -0.05) is 6.07 Å². The lowest BCUT2D eigenvalue weighted by Gasteiger charge is -2.00. The number of phenols is 1. The summed E-state index contributed by atoms with van der Waals surface area (Å²) in [5, 5.41) is 9.33. The Morgan fingerprint density at radius 1 is 1.50 bits per heavy atom. The minimum Gasteiger partial charge on any atom is -0.507 e. The third-order valence-electron chi connectivity index (χ3n) is 2.08. The smallest absolute Gasteiger partial charge is 0.342 e. The number of ether oxygens (including phenoxy) is 1. The van der Waals surface area contributed by atoms with Crippen LogP contribution in [0.4, 0.5) is 0 Å². The van der Waals surface area contributed by atoms with E-state index in [0.717, 1.165) is 11.1 Å². The summed E-state index contributed by atoms with van der Waals surface area (Å²) in [6.07, 6.45) is 0. The molecule has 3 heteroatoms. The molecule has 0 fully saturated rings. The largest absolute Gasteiger partial charge is 0.507 e. The minimum absolute atomic E-state index is 0.0121. The first kappa shape index (κ1) is 7.16. The highest BCUT2D eigenvalue weighted by Crippen LogP contribution is 2.30. The zero-order valence-corrected chi connectivity index (χ0v) is 6.63. The SMILES string of the molecule is Cc1ccc(O)c2c1COC2=O. The van der Waals surface area contributed by atoms with Crippen molar-refractivity contribution in [1.82, 2.24) is 0 Å². The lowest BCUT2D eigenvalue weighted by atomic mass is 10.0. The molecular weight excluding hydrogens is 156 g/mol. The van der Waals surface area contributed by atoms with Gasteiger partial charge in [-0.25, -0.2) is 4.79 Å². The van der Waals surface area contributed by atoms with E-state index in [-0.39, 0.29) is 12.4 Å². The van der Waals surface area contributed by atoms with Gasteiger partial charge in [0.1, 0.15) is 17.9 Å². The van der Waals surface area contributed by atoms with Gasteiger partial charge in [-0.3, -0.25) is 0 Å². The number of benzene rings is 1. The fraction of sp³-hybridized carbons (Fsp3) is 0.222. The van der Waals surface area contributed by atoms with Crippen molar-refractivity contribution >= 4 is 5.97 Å². The first-order chi connectivity index (χ1) is 5.70. The average Bonchev–Trinajstić information content (AvgIpc) is 2.42. The zero-order valence-electron chi connectivity index (χ0n) is 6.63. The van der Waals surface area contributed by atoms with E-state index in [2.05, 4.69) is 0 Å². The Balaban J connectivity index is 2.72. The standard InChI is InChI=1S/C9H8O3/c1-5-2-3-7(10)8-6(5)4-12-9(8)11/h2-3,10H,4H2,1H3. The molecule has 0 bridgehead atoms. The van der Waals surface area contributed by atoms with Crippen molar-refractivity contribution in [3.05, 3.63) is 28.8 Å². The van der Waals surface area contributed by atoms with E-state index in [1.54, 1.807) is 6.07 Å². The van der Waals surface area contributed by atoms with Gasteiger partial charge in [-0.15, -0.1) is 0 Å². The fourth-order valence-corrected chi connectivity index (χ4v) is 1.36. The van der Waals surface area contributed by atoms with Gasteiger partial charge in [-0.05, 0) is 18.6 Å². The summed E-state index contributed by atoms with van der Waals surface area (Å²) >= 11 is 0. The van der Waals surface area contributed by atoms with Crippen LogP contribution in [0.1, 0.15) is 21.5 Å². The van der Waals surface area contributed by atoms with Crippen molar-refractivity contribution in [3.63, 3.8) is 0 Å². The molecule has 0 unspecified atom stereocenters. The van der Waals surface area contributed by atoms with Gasteiger partial charge in [0, 0.05) is 5.56 Å². The minimum atomic E-state index is -0.425. The predicted octanol–water partition coefficient (Wildman–Crippen LogP) is 1.37. The van der Waals surface area contributed by atoms with Gasteiger partial charge >= 0.3 is 5.97 Å². The maximum atomic E-state index is 11.1. The second kappa shape index (κ2) is 2.24. The molecule has 3 nitrogen and oxygen atoms in total. The Morgan fingerprint density at radius 2 is 2.25 bits per heavy atom. The Kier molecular flexibility index (Phi) is 1.33. The summed E-state index contributed by atoms with van der Waals surface area (Å²) < 4.78 is 4.79. The van der Waals surface area contributed by atoms with Crippen molar-refractivity contribution in [2.24, 2.45) is 0 Å². The molecule has 0 spiro atoms. The lowest BCUT2D eigenvalue weighted by Crippen LogP contribution is -1.94. The summed E-state index contributed by atoms with van der Waals surface area (Å²) in [5.41, 5.74) is 2.11. The first-order valence-corrected chi connectivity index (χ1v) is 3.68. The second-order valence-corrected chi connectivity index (χ2v) is 2.83. The van der Waals surface area contributed by atoms with E-state index >= 15 is 0 Å². The highest BCUT2D eigenvalue weighted by molar-refractivity contribution is 5.96. The number of carbonyl (C=O) groups is 1. The maximum Gasteiger partial charge on any atom is 0.342 e. The number of carbonyl (C=O) groups excluding carboxylic acids is 1. The van der Waals surface area contributed by atoms with Crippen LogP contribution in [0.3, 0.4) is 0 Å². The molecule has 0 amide bonds. The van der Waals surface area contributed by atoms with Crippen molar-refractivity contribution in [3.8, 4) is 5.75 Å². The molecule has 1 N–H and O–H groups in total. The van der Waals surface area contributed by atoms with Gasteiger partial charge < -0.3 is 9.84 Å². The number of hydrogen-bond donors (Lipinski definition) is 1. The molecule has 0 radical (unpaired) electrons. The van der Waals surface area contributed by atoms with Crippen molar-refractivity contribution < 1.29 is 14.6 Å². The summed E-state index contributed by atoms with van der Waals surface area (Å²) in [7, 11) is 0. The molecular formula is C9H8O3. The molecule has 0 aromatic heterocycles. The number of fused-ring (bicyclic) bond motifs is 1. The molecule has 1 heterocycles. The zero-order chi connectivity index (χ0) is 8.72.